The van der Waals surface area contributed by atoms with Crippen LogP contribution in [0.2, 0.25) is 0 Å². The van der Waals surface area contributed by atoms with E-state index in [1.165, 1.54) is 0 Å². The molecule has 3 aromatic heterocycles. The minimum Gasteiger partial charge on any atom is -0.441 e. The van der Waals surface area contributed by atoms with Crippen molar-refractivity contribution >= 4 is 23.2 Å². The van der Waals surface area contributed by atoms with E-state index in [1.54, 1.807) is 23.0 Å². The predicted octanol–water partition coefficient (Wildman–Crippen LogP) is 2.56. The second-order valence-corrected chi connectivity index (χ2v) is 8.75. The summed E-state index contributed by atoms with van der Waals surface area (Å²) in [6.45, 7) is 1.89. The summed E-state index contributed by atoms with van der Waals surface area (Å²) < 4.78 is 27.6. The van der Waals surface area contributed by atoms with Gasteiger partial charge in [0, 0.05) is 24.0 Å². The second-order valence-electron chi connectivity index (χ2n) is 8.75. The maximum absolute atomic E-state index is 15.0. The maximum atomic E-state index is 15.0. The number of hydrogen-bond acceptors (Lipinski definition) is 7. The Hall–Kier alpha value is -3.21. The number of rotatable bonds is 5. The second kappa shape index (κ2) is 6.64. The molecule has 0 aromatic carbocycles. The van der Waals surface area contributed by atoms with Crippen LogP contribution in [0.4, 0.5) is 20.8 Å². The first-order valence-corrected chi connectivity index (χ1v) is 10.4. The molecule has 3 N–H and O–H groups in total. The van der Waals surface area contributed by atoms with Gasteiger partial charge in [0.2, 0.25) is 0 Å². The molecule has 4 heterocycles. The number of alkyl halides is 1. The quantitative estimate of drug-likeness (QED) is 0.573. The van der Waals surface area contributed by atoms with Gasteiger partial charge in [-0.3, -0.25) is 5.10 Å². The van der Waals surface area contributed by atoms with Crippen LogP contribution in [0.15, 0.2) is 24.5 Å². The highest BCUT2D eigenvalue weighted by Crippen LogP contribution is 2.57. The molecule has 0 unspecified atom stereocenters. The molecule has 11 heteroatoms. The number of H-pyrrole nitrogens is 1. The van der Waals surface area contributed by atoms with Gasteiger partial charge in [-0.15, -0.1) is 0 Å². The summed E-state index contributed by atoms with van der Waals surface area (Å²) in [6, 6.07) is 3.57. The van der Waals surface area contributed by atoms with Gasteiger partial charge in [0.1, 0.15) is 11.6 Å². The third kappa shape index (κ3) is 3.11. The van der Waals surface area contributed by atoms with E-state index in [2.05, 4.69) is 30.9 Å². The Labute approximate surface area is 176 Å². The van der Waals surface area contributed by atoms with Crippen molar-refractivity contribution in [3.8, 4) is 0 Å². The van der Waals surface area contributed by atoms with Gasteiger partial charge in [0.05, 0.1) is 18.0 Å². The van der Waals surface area contributed by atoms with E-state index in [0.717, 1.165) is 36.4 Å². The molecular formula is C20H22FN7O3. The van der Waals surface area contributed by atoms with Crippen LogP contribution in [0, 0.1) is 12.8 Å². The third-order valence-corrected chi connectivity index (χ3v) is 6.41. The molecule has 4 aliphatic rings. The first-order chi connectivity index (χ1) is 15.0. The van der Waals surface area contributed by atoms with E-state index in [0.29, 0.717) is 17.3 Å². The fourth-order valence-corrected chi connectivity index (χ4v) is 4.76. The lowest BCUT2D eigenvalue weighted by Crippen LogP contribution is -2.68. The van der Waals surface area contributed by atoms with E-state index in [-0.39, 0.29) is 12.1 Å². The van der Waals surface area contributed by atoms with Crippen LogP contribution >= 0.6 is 0 Å². The maximum Gasteiger partial charge on any atom is 0.408 e. The van der Waals surface area contributed by atoms with Crippen LogP contribution in [0.3, 0.4) is 0 Å². The van der Waals surface area contributed by atoms with Crippen molar-refractivity contribution in [3.63, 3.8) is 0 Å². The number of aromatic nitrogens is 5. The van der Waals surface area contributed by atoms with Gasteiger partial charge in [-0.25, -0.2) is 18.7 Å². The van der Waals surface area contributed by atoms with Crippen LogP contribution in [-0.2, 0) is 9.47 Å². The van der Waals surface area contributed by atoms with Crippen molar-refractivity contribution in [1.29, 1.82) is 0 Å². The minimum absolute atomic E-state index is 0.00732. The predicted molar refractivity (Wildman–Crippen MR) is 107 cm³/mol. The average Bonchev–Trinajstić information content (AvgIpc) is 3.37. The molecule has 1 saturated heterocycles. The smallest absolute Gasteiger partial charge is 0.408 e. The van der Waals surface area contributed by atoms with Crippen LogP contribution in [-0.4, -0.2) is 55.3 Å². The molecule has 0 spiro atoms. The summed E-state index contributed by atoms with van der Waals surface area (Å²) in [4.78, 5) is 16.5. The monoisotopic (exact) mass is 427 g/mol. The fourth-order valence-electron chi connectivity index (χ4n) is 4.76. The van der Waals surface area contributed by atoms with Crippen LogP contribution in [0.25, 0.3) is 5.52 Å². The molecule has 2 bridgehead atoms. The molecule has 3 atom stereocenters. The van der Waals surface area contributed by atoms with E-state index in [4.69, 9.17) is 9.47 Å². The normalized spacial score (nSPS) is 31.2. The Balaban J connectivity index is 1.11. The van der Waals surface area contributed by atoms with Crippen molar-refractivity contribution in [2.24, 2.45) is 5.92 Å². The molecule has 10 nitrogen and oxygen atoms in total. The lowest BCUT2D eigenvalue weighted by molar-refractivity contribution is -0.0528. The zero-order chi connectivity index (χ0) is 21.2. The number of nitrogens with zero attached hydrogens (tertiary/aromatic N) is 4. The molecule has 1 aliphatic heterocycles. The van der Waals surface area contributed by atoms with E-state index < -0.39 is 24.5 Å². The lowest BCUT2D eigenvalue weighted by atomic mass is 9.50. The minimum atomic E-state index is -1.49. The number of hydrogen-bond donors (Lipinski definition) is 3. The first kappa shape index (κ1) is 18.6. The third-order valence-electron chi connectivity index (χ3n) is 6.41. The molecule has 31 heavy (non-hydrogen) atoms. The number of nitrogens with one attached hydrogen (secondary N) is 3. The zero-order valence-corrected chi connectivity index (χ0v) is 16.8. The topological polar surface area (TPSA) is 118 Å². The Morgan fingerprint density at radius 2 is 2.23 bits per heavy atom. The van der Waals surface area contributed by atoms with Gasteiger partial charge in [-0.2, -0.15) is 10.2 Å². The summed E-state index contributed by atoms with van der Waals surface area (Å²) in [6.07, 6.45) is 2.46. The molecule has 162 valence electrons. The number of alkyl carbamates (subject to hydrolysis) is 1. The molecule has 3 aliphatic carbocycles. The summed E-state index contributed by atoms with van der Waals surface area (Å²) in [5.41, 5.74) is 2.01. The Kier molecular flexibility index (Phi) is 3.98. The van der Waals surface area contributed by atoms with Crippen molar-refractivity contribution in [3.05, 3.63) is 35.9 Å². The van der Waals surface area contributed by atoms with Crippen LogP contribution < -0.4 is 10.6 Å². The lowest BCUT2D eigenvalue weighted by Gasteiger charge is -2.61. The van der Waals surface area contributed by atoms with Crippen molar-refractivity contribution in [2.45, 2.75) is 50.1 Å². The summed E-state index contributed by atoms with van der Waals surface area (Å²) in [5, 5.41) is 17.3. The van der Waals surface area contributed by atoms with Crippen LogP contribution in [0.1, 0.15) is 36.8 Å². The molecule has 0 radical (unpaired) electrons. The van der Waals surface area contributed by atoms with Crippen molar-refractivity contribution in [2.75, 3.05) is 11.9 Å². The standard InChI is InChI=1S/C20H22FN7O3/c1-10-4-13-18(22-2-3-28(13)27-10)23-15-5-12(25-26-15)17-16(21)14(9-30-17)31-19(29)24-20-6-11(7-20)8-20/h2-5,11,14,16-17H,6-9H2,1H3,(H,24,29)(H2,22,23,25,26)/t11?,14-,16-,17-,20?/m1/s1. The molecular weight excluding hydrogens is 405 g/mol. The number of aromatic amines is 1. The fraction of sp³-hybridized carbons (Fsp3) is 0.500. The summed E-state index contributed by atoms with van der Waals surface area (Å²) in [7, 11) is 0. The Bertz CT molecular complexity index is 1140. The zero-order valence-electron chi connectivity index (χ0n) is 16.8. The van der Waals surface area contributed by atoms with Gasteiger partial charge >= 0.3 is 6.09 Å². The number of ether oxygens (including phenoxy) is 2. The molecule has 3 saturated carbocycles. The molecule has 7 rings (SSSR count). The number of fused-ring (bicyclic) bond motifs is 1. The van der Waals surface area contributed by atoms with Gasteiger partial charge < -0.3 is 20.1 Å². The number of aryl methyl sites for hydroxylation is 1. The molecule has 4 fully saturated rings. The molecule has 3 aromatic rings. The number of halogens is 1. The van der Waals surface area contributed by atoms with Gasteiger partial charge in [0.25, 0.3) is 0 Å². The number of carbonyl (C=O) groups is 1. The summed E-state index contributed by atoms with van der Waals surface area (Å²) in [5.74, 6) is 1.78. The van der Waals surface area contributed by atoms with Gasteiger partial charge in [0.15, 0.2) is 23.9 Å². The van der Waals surface area contributed by atoms with E-state index >= 15 is 0 Å². The van der Waals surface area contributed by atoms with Gasteiger partial charge in [-0.05, 0) is 38.2 Å². The number of carbonyl (C=O) groups excluding carboxylic acids is 1. The van der Waals surface area contributed by atoms with Crippen LogP contribution in [0.5, 0.6) is 0 Å². The van der Waals surface area contributed by atoms with E-state index in [9.17, 15) is 9.18 Å². The summed E-state index contributed by atoms with van der Waals surface area (Å²) >= 11 is 0. The Morgan fingerprint density at radius 1 is 1.39 bits per heavy atom. The molecule has 1 amide bonds. The van der Waals surface area contributed by atoms with Gasteiger partial charge in [-0.1, -0.05) is 0 Å². The Morgan fingerprint density at radius 3 is 3.00 bits per heavy atom. The van der Waals surface area contributed by atoms with E-state index in [1.807, 2.05) is 13.0 Å². The largest absolute Gasteiger partial charge is 0.441 e. The first-order valence-electron chi connectivity index (χ1n) is 10.4. The highest BCUT2D eigenvalue weighted by Gasteiger charge is 2.58. The van der Waals surface area contributed by atoms with Crippen molar-refractivity contribution in [1.82, 2.24) is 30.1 Å². The number of anilines is 2. The average molecular weight is 427 g/mol. The number of amides is 1. The SMILES string of the molecule is Cc1cc2c(Nc3cc([C@H]4OC[C@@H](OC(=O)NC56CC(C5)C6)[C@H]4F)[nH]n3)nccn2n1. The highest BCUT2D eigenvalue weighted by atomic mass is 19.1. The van der Waals surface area contributed by atoms with Crippen molar-refractivity contribution < 1.29 is 18.7 Å². The highest BCUT2D eigenvalue weighted by molar-refractivity contribution is 5.72.